The van der Waals surface area contributed by atoms with E-state index in [0.717, 1.165) is 78.3 Å². The molecule has 18 heteroatoms. The standard InChI is InChI=1S/C49H60N10O7S/c1-31(2)45(49(63)59-29-37(60)22-41(59)48(62)51-25-33-10-12-35(13-11-33)46-32(3)52-30-67-46)43-24-44(56-66-43)65-21-7-20-64-19-6-16-57-17-14-34(15-18-57)27-58-28-36(26-53-58)39-23-40(54-55-47(39)50)38-8-4-5-9-42(38)61/h4-5,8-13,23-24,26,28,30-31,34,37,41,45,60-61H,6-7,14-22,25,27,29H2,1-3H3,(H2,50,55)(H,51,62)/t37-,41+,45?/m1/s1. The molecule has 0 spiro atoms. The molecule has 6 heterocycles. The molecule has 2 aliphatic rings. The Morgan fingerprint density at radius 3 is 2.55 bits per heavy atom. The van der Waals surface area contributed by atoms with E-state index in [0.29, 0.717) is 61.5 Å². The van der Waals surface area contributed by atoms with Crippen LogP contribution in [-0.4, -0.2) is 120 Å². The third-order valence-corrected chi connectivity index (χ3v) is 13.6. The van der Waals surface area contributed by atoms with Crippen LogP contribution in [0.4, 0.5) is 5.82 Å². The maximum Gasteiger partial charge on any atom is 0.254 e. The van der Waals surface area contributed by atoms with Gasteiger partial charge < -0.3 is 45.1 Å². The van der Waals surface area contributed by atoms with E-state index in [9.17, 15) is 19.8 Å². The highest BCUT2D eigenvalue weighted by Crippen LogP contribution is 2.34. The summed E-state index contributed by atoms with van der Waals surface area (Å²) in [6, 6.07) is 17.7. The minimum atomic E-state index is -0.814. The smallest absolute Gasteiger partial charge is 0.254 e. The zero-order valence-electron chi connectivity index (χ0n) is 38.3. The molecule has 1 unspecified atom stereocenters. The number of phenols is 1. The van der Waals surface area contributed by atoms with Crippen molar-refractivity contribution in [1.29, 1.82) is 0 Å². The highest BCUT2D eigenvalue weighted by molar-refractivity contribution is 7.13. The number of aromatic hydroxyl groups is 1. The van der Waals surface area contributed by atoms with E-state index in [4.69, 9.17) is 19.7 Å². The van der Waals surface area contributed by atoms with E-state index in [-0.39, 0.29) is 42.3 Å². The van der Waals surface area contributed by atoms with Crippen LogP contribution in [0.1, 0.15) is 68.9 Å². The molecule has 2 fully saturated rings. The average Bonchev–Trinajstić information content (AvgIpc) is 4.16. The van der Waals surface area contributed by atoms with Crippen molar-refractivity contribution in [3.63, 3.8) is 0 Å². The third kappa shape index (κ3) is 11.9. The first-order valence-electron chi connectivity index (χ1n) is 23.1. The number of likely N-dealkylation sites (tertiary alicyclic amines) is 2. The summed E-state index contributed by atoms with van der Waals surface area (Å²) in [6.07, 6.45) is 6.92. The first-order valence-corrected chi connectivity index (χ1v) is 24.0. The molecule has 8 rings (SSSR count). The topological polar surface area (TPSA) is 220 Å². The monoisotopic (exact) mass is 932 g/mol. The van der Waals surface area contributed by atoms with Gasteiger partial charge in [-0.15, -0.1) is 21.5 Å². The number of nitrogen functional groups attached to an aromatic ring is 1. The maximum absolute atomic E-state index is 14.0. The summed E-state index contributed by atoms with van der Waals surface area (Å²) < 4.78 is 19.4. The second kappa shape index (κ2) is 22.1. The average molecular weight is 933 g/mol. The molecule has 2 amide bonds. The molecule has 5 N–H and O–H groups in total. The molecule has 67 heavy (non-hydrogen) atoms. The van der Waals surface area contributed by atoms with Crippen LogP contribution in [0, 0.1) is 18.8 Å². The lowest BCUT2D eigenvalue weighted by Crippen LogP contribution is -2.48. The molecule has 2 aromatic carbocycles. The van der Waals surface area contributed by atoms with Crippen molar-refractivity contribution >= 4 is 29.0 Å². The number of β-amino-alcohol motifs (C(OH)–C–C–N with tert-alkyl or cyclic N) is 1. The van der Waals surface area contributed by atoms with Crippen LogP contribution in [0.25, 0.3) is 32.8 Å². The van der Waals surface area contributed by atoms with Gasteiger partial charge in [0, 0.05) is 81.2 Å². The van der Waals surface area contributed by atoms with Crippen LogP contribution >= 0.6 is 11.3 Å². The number of nitrogens with two attached hydrogens (primary N) is 1. The summed E-state index contributed by atoms with van der Waals surface area (Å²) in [5.41, 5.74) is 13.7. The molecular formula is C49H60N10O7S. The van der Waals surface area contributed by atoms with Gasteiger partial charge in [0.05, 0.1) is 40.7 Å². The number of aliphatic hydroxyl groups excluding tert-OH is 1. The first kappa shape index (κ1) is 47.3. The Morgan fingerprint density at radius 1 is 1.00 bits per heavy atom. The largest absolute Gasteiger partial charge is 0.507 e. The summed E-state index contributed by atoms with van der Waals surface area (Å²) >= 11 is 1.59. The fourth-order valence-corrected chi connectivity index (χ4v) is 9.72. The molecule has 0 saturated carbocycles. The molecule has 0 bridgehead atoms. The van der Waals surface area contributed by atoms with Crippen LogP contribution in [-0.2, 0) is 27.4 Å². The molecule has 4 aromatic heterocycles. The number of piperidine rings is 1. The SMILES string of the molecule is Cc1ncsc1-c1ccc(CNC(=O)[C@@H]2C[C@@H](O)CN2C(=O)C(c2cc(OCCCOCCCN3CCC(Cn4cc(-c5cc(-c6ccccc6O)nnc5N)cn4)CC3)no2)C(C)C)cc1. The normalized spacial score (nSPS) is 17.3. The number of nitrogens with zero attached hydrogens (tertiary/aromatic N) is 8. The predicted molar refractivity (Wildman–Crippen MR) is 254 cm³/mol. The lowest BCUT2D eigenvalue weighted by atomic mass is 9.91. The third-order valence-electron chi connectivity index (χ3n) is 12.6. The van der Waals surface area contributed by atoms with Gasteiger partial charge in [0.1, 0.15) is 17.7 Å². The fraction of sp³-hybridized carbons (Fsp3) is 0.449. The number of carbonyl (C=O) groups is 2. The number of amides is 2. The van der Waals surface area contributed by atoms with Gasteiger partial charge in [-0.1, -0.05) is 50.2 Å². The van der Waals surface area contributed by atoms with Gasteiger partial charge in [-0.3, -0.25) is 14.3 Å². The van der Waals surface area contributed by atoms with Crippen molar-refractivity contribution in [2.45, 2.75) is 84.0 Å². The Hall–Kier alpha value is -6.21. The molecule has 0 radical (unpaired) electrons. The molecule has 2 aliphatic heterocycles. The van der Waals surface area contributed by atoms with Gasteiger partial charge >= 0.3 is 0 Å². The number of phenolic OH excluding ortho intramolecular Hbond substituents is 1. The predicted octanol–water partition coefficient (Wildman–Crippen LogP) is 6.32. The van der Waals surface area contributed by atoms with Gasteiger partial charge in [-0.2, -0.15) is 5.10 Å². The van der Waals surface area contributed by atoms with E-state index < -0.39 is 18.1 Å². The second-order valence-corrected chi connectivity index (χ2v) is 18.7. The Kier molecular flexibility index (Phi) is 15.6. The highest BCUT2D eigenvalue weighted by Gasteiger charge is 2.43. The number of ether oxygens (including phenoxy) is 2. The zero-order chi connectivity index (χ0) is 46.9. The van der Waals surface area contributed by atoms with Crippen LogP contribution in [0.2, 0.25) is 0 Å². The van der Waals surface area contributed by atoms with Gasteiger partial charge in [-0.25, -0.2) is 4.98 Å². The van der Waals surface area contributed by atoms with E-state index in [1.807, 2.05) is 73.6 Å². The van der Waals surface area contributed by atoms with Crippen molar-refractivity contribution in [2.24, 2.45) is 11.8 Å². The molecular weight excluding hydrogens is 873 g/mol. The molecule has 6 aromatic rings. The van der Waals surface area contributed by atoms with E-state index >= 15 is 0 Å². The van der Waals surface area contributed by atoms with Crippen LogP contribution in [0.5, 0.6) is 11.6 Å². The van der Waals surface area contributed by atoms with E-state index in [1.165, 1.54) is 4.90 Å². The number of aromatic nitrogens is 6. The van der Waals surface area contributed by atoms with E-state index in [1.54, 1.807) is 41.8 Å². The minimum absolute atomic E-state index is 0.0581. The lowest BCUT2D eigenvalue weighted by molar-refractivity contribution is -0.141. The van der Waals surface area contributed by atoms with Gasteiger partial charge in [-0.05, 0) is 85.6 Å². The van der Waals surface area contributed by atoms with Crippen molar-refractivity contribution in [3.05, 3.63) is 95.6 Å². The number of aryl methyl sites for hydroxylation is 1. The number of thiazole rings is 1. The number of carbonyl (C=O) groups excluding carboxylic acids is 2. The van der Waals surface area contributed by atoms with Gasteiger partial charge in [0.2, 0.25) is 11.8 Å². The van der Waals surface area contributed by atoms with E-state index in [2.05, 4.69) is 35.7 Å². The minimum Gasteiger partial charge on any atom is -0.507 e. The van der Waals surface area contributed by atoms with Crippen LogP contribution in [0.15, 0.2) is 83.1 Å². The Bertz CT molecular complexity index is 2570. The summed E-state index contributed by atoms with van der Waals surface area (Å²) in [7, 11) is 0. The Balaban J connectivity index is 0.713. The number of hydrogen-bond acceptors (Lipinski definition) is 15. The van der Waals surface area contributed by atoms with Gasteiger partial charge in [0.15, 0.2) is 11.6 Å². The Labute approximate surface area is 394 Å². The molecule has 17 nitrogen and oxygen atoms in total. The number of anilines is 1. The first-order chi connectivity index (χ1) is 32.5. The molecule has 2 saturated heterocycles. The second-order valence-electron chi connectivity index (χ2n) is 17.8. The van der Waals surface area contributed by atoms with Crippen LogP contribution in [0.3, 0.4) is 0 Å². The van der Waals surface area contributed by atoms with Crippen LogP contribution < -0.4 is 15.8 Å². The summed E-state index contributed by atoms with van der Waals surface area (Å²) in [5, 5.41) is 40.9. The summed E-state index contributed by atoms with van der Waals surface area (Å²) in [4.78, 5) is 36.9. The Morgan fingerprint density at radius 2 is 1.79 bits per heavy atom. The van der Waals surface area contributed by atoms with Gasteiger partial charge in [0.25, 0.3) is 5.88 Å². The van der Waals surface area contributed by atoms with Crippen molar-refractivity contribution < 1.29 is 33.8 Å². The quantitative estimate of drug-likeness (QED) is 0.0616. The number of hydrogen-bond donors (Lipinski definition) is 4. The number of nitrogens with one attached hydrogen (secondary N) is 1. The lowest BCUT2D eigenvalue weighted by Gasteiger charge is -2.31. The zero-order valence-corrected chi connectivity index (χ0v) is 39.1. The van der Waals surface area contributed by atoms with Crippen molar-refractivity contribution in [3.8, 4) is 44.5 Å². The van der Waals surface area contributed by atoms with Crippen molar-refractivity contribution in [1.82, 2.24) is 45.2 Å². The summed E-state index contributed by atoms with van der Waals surface area (Å²) in [6.45, 7) is 11.6. The molecule has 354 valence electrons. The fourth-order valence-electron chi connectivity index (χ4n) is 8.91. The highest BCUT2D eigenvalue weighted by atomic mass is 32.1. The molecule has 3 atom stereocenters. The maximum atomic E-state index is 14.0. The number of aliphatic hydroxyl groups is 1. The number of benzene rings is 2. The molecule has 0 aliphatic carbocycles. The number of rotatable bonds is 20. The summed E-state index contributed by atoms with van der Waals surface area (Å²) in [5.74, 6) is 0.116. The van der Waals surface area contributed by atoms with Crippen molar-refractivity contribution in [2.75, 3.05) is 51.7 Å². The number of para-hydroxylation sites is 1.